The van der Waals surface area contributed by atoms with Crippen LogP contribution in [-0.4, -0.2) is 91.1 Å². The lowest BCUT2D eigenvalue weighted by Gasteiger charge is -2.26. The van der Waals surface area contributed by atoms with Crippen molar-refractivity contribution in [3.8, 4) is 0 Å². The molecule has 11 N–H and O–H groups in total. The first-order valence-electron chi connectivity index (χ1n) is 10.4. The molecule has 194 valence electrons. The normalized spacial score (nSPS) is 15.1. The Labute approximate surface area is 198 Å². The number of carboxylic acids is 2. The molecule has 16 nitrogen and oxygen atoms in total. The predicted octanol–water partition coefficient (Wildman–Crippen LogP) is -4.06. The summed E-state index contributed by atoms with van der Waals surface area (Å²) in [6.07, 6.45) is -0.156. The Balaban J connectivity index is 3.01. The monoisotopic (exact) mass is 499 g/mol. The van der Waals surface area contributed by atoms with Crippen LogP contribution >= 0.6 is 0 Å². The predicted molar refractivity (Wildman–Crippen MR) is 116 cm³/mol. The number of nitrogens with zero attached hydrogens (tertiary/aromatic N) is 1. The zero-order valence-corrected chi connectivity index (χ0v) is 18.8. The number of aromatic amines is 1. The Morgan fingerprint density at radius 2 is 1.66 bits per heavy atom. The van der Waals surface area contributed by atoms with Gasteiger partial charge >= 0.3 is 11.9 Å². The maximum atomic E-state index is 12.9. The van der Waals surface area contributed by atoms with Gasteiger partial charge in [-0.3, -0.25) is 24.0 Å². The van der Waals surface area contributed by atoms with E-state index in [4.69, 9.17) is 21.7 Å². The summed E-state index contributed by atoms with van der Waals surface area (Å²) in [6.45, 7) is 1.14. The number of aliphatic hydroxyl groups is 1. The second-order valence-corrected chi connectivity index (χ2v) is 7.68. The number of H-pyrrole nitrogens is 1. The van der Waals surface area contributed by atoms with Crippen LogP contribution in [0.5, 0.6) is 0 Å². The number of hydrogen-bond donors (Lipinski definition) is 9. The molecule has 0 aromatic carbocycles. The summed E-state index contributed by atoms with van der Waals surface area (Å²) in [5.74, 6) is -6.70. The van der Waals surface area contributed by atoms with Crippen LogP contribution in [0.25, 0.3) is 0 Å². The largest absolute Gasteiger partial charge is 0.481 e. The molecule has 0 radical (unpaired) electrons. The smallest absolute Gasteiger partial charge is 0.326 e. The van der Waals surface area contributed by atoms with Crippen molar-refractivity contribution < 1.29 is 44.1 Å². The van der Waals surface area contributed by atoms with Crippen molar-refractivity contribution in [3.05, 3.63) is 18.2 Å². The summed E-state index contributed by atoms with van der Waals surface area (Å²) in [5.41, 5.74) is 11.2. The summed E-state index contributed by atoms with van der Waals surface area (Å²) >= 11 is 0. The molecule has 1 heterocycles. The molecule has 0 fully saturated rings. The molecular weight excluding hydrogens is 470 g/mol. The topological polar surface area (TPSA) is 280 Å². The summed E-state index contributed by atoms with van der Waals surface area (Å²) in [6, 6.07) is -6.02. The van der Waals surface area contributed by atoms with Crippen molar-refractivity contribution in [3.63, 3.8) is 0 Å². The lowest BCUT2D eigenvalue weighted by atomic mass is 10.1. The standard InChI is InChI=1S/C19H29N7O9/c1-8(27)15(18(33)25-12(19(34)35)5-14(29)30)26-17(32)11(4-9-6-22-7-23-9)24-16(31)10(20)2-3-13(21)28/h6-8,10-12,15,27H,2-5,20H2,1H3,(H2,21,28)(H,22,23)(H,24,31)(H,25,33)(H,26,32)(H,29,30)(H,34,35). The van der Waals surface area contributed by atoms with E-state index in [9.17, 15) is 33.9 Å². The van der Waals surface area contributed by atoms with Gasteiger partial charge in [-0.15, -0.1) is 0 Å². The van der Waals surface area contributed by atoms with Gasteiger partial charge < -0.3 is 47.7 Å². The van der Waals surface area contributed by atoms with Gasteiger partial charge in [-0.1, -0.05) is 0 Å². The Morgan fingerprint density at radius 1 is 1.03 bits per heavy atom. The SMILES string of the molecule is CC(O)C(NC(=O)C(Cc1cnc[nH]1)NC(=O)C(N)CCC(N)=O)C(=O)NC(CC(=O)O)C(=O)O. The molecule has 5 atom stereocenters. The van der Waals surface area contributed by atoms with E-state index in [0.717, 1.165) is 6.92 Å². The van der Waals surface area contributed by atoms with Crippen molar-refractivity contribution >= 4 is 35.6 Å². The molecule has 16 heteroatoms. The first-order chi connectivity index (χ1) is 16.3. The lowest BCUT2D eigenvalue weighted by Crippen LogP contribution is -2.60. The molecular formula is C19H29N7O9. The molecule has 1 rings (SSSR count). The van der Waals surface area contributed by atoms with Gasteiger partial charge in [-0.25, -0.2) is 9.78 Å². The number of amides is 4. The number of nitrogens with two attached hydrogens (primary N) is 2. The molecule has 35 heavy (non-hydrogen) atoms. The van der Waals surface area contributed by atoms with E-state index in [1.54, 1.807) is 0 Å². The summed E-state index contributed by atoms with van der Waals surface area (Å²) < 4.78 is 0. The highest BCUT2D eigenvalue weighted by Crippen LogP contribution is 2.04. The zero-order chi connectivity index (χ0) is 26.7. The Bertz CT molecular complexity index is 920. The number of carbonyl (C=O) groups is 6. The van der Waals surface area contributed by atoms with E-state index >= 15 is 0 Å². The summed E-state index contributed by atoms with van der Waals surface area (Å²) in [4.78, 5) is 77.4. The van der Waals surface area contributed by atoms with Crippen molar-refractivity contribution in [1.82, 2.24) is 25.9 Å². The number of imidazole rings is 1. The number of primary amides is 1. The van der Waals surface area contributed by atoms with Crippen LogP contribution in [0.2, 0.25) is 0 Å². The van der Waals surface area contributed by atoms with E-state index < -0.39 is 72.3 Å². The highest BCUT2D eigenvalue weighted by Gasteiger charge is 2.33. The molecule has 0 aliphatic carbocycles. The van der Waals surface area contributed by atoms with E-state index in [-0.39, 0.29) is 19.3 Å². The van der Waals surface area contributed by atoms with Gasteiger partial charge in [0.05, 0.1) is 24.9 Å². The fraction of sp³-hybridized carbons (Fsp3) is 0.526. The van der Waals surface area contributed by atoms with Crippen LogP contribution in [0, 0.1) is 0 Å². The van der Waals surface area contributed by atoms with E-state index in [1.807, 2.05) is 5.32 Å². The van der Waals surface area contributed by atoms with Gasteiger partial charge in [0, 0.05) is 24.7 Å². The molecule has 0 aliphatic heterocycles. The van der Waals surface area contributed by atoms with Crippen LogP contribution in [0.1, 0.15) is 31.9 Å². The van der Waals surface area contributed by atoms with Crippen molar-refractivity contribution in [2.45, 2.75) is 62.9 Å². The molecule has 1 aromatic rings. The number of nitrogens with one attached hydrogen (secondary N) is 4. The molecule has 5 unspecified atom stereocenters. The number of aromatic nitrogens is 2. The van der Waals surface area contributed by atoms with Crippen LogP contribution < -0.4 is 27.4 Å². The number of aliphatic hydroxyl groups excluding tert-OH is 1. The molecule has 1 aromatic heterocycles. The maximum absolute atomic E-state index is 12.9. The Kier molecular flexibility index (Phi) is 11.3. The van der Waals surface area contributed by atoms with E-state index in [1.165, 1.54) is 12.5 Å². The number of rotatable bonds is 15. The average Bonchev–Trinajstić information content (AvgIpc) is 3.26. The first-order valence-corrected chi connectivity index (χ1v) is 10.4. The molecule has 0 aliphatic rings. The third-order valence-electron chi connectivity index (χ3n) is 4.71. The van der Waals surface area contributed by atoms with Gasteiger partial charge in [0.25, 0.3) is 0 Å². The minimum Gasteiger partial charge on any atom is -0.481 e. The summed E-state index contributed by atoms with van der Waals surface area (Å²) in [7, 11) is 0. The number of hydrogen-bond acceptors (Lipinski definition) is 9. The van der Waals surface area contributed by atoms with Gasteiger partial charge in [0.1, 0.15) is 18.1 Å². The van der Waals surface area contributed by atoms with Crippen LogP contribution in [0.4, 0.5) is 0 Å². The molecule has 0 saturated heterocycles. The van der Waals surface area contributed by atoms with Crippen molar-refractivity contribution in [1.29, 1.82) is 0 Å². The minimum atomic E-state index is -1.82. The van der Waals surface area contributed by atoms with Gasteiger partial charge in [0.15, 0.2) is 0 Å². The van der Waals surface area contributed by atoms with Gasteiger partial charge in [0.2, 0.25) is 23.6 Å². The molecule has 0 bridgehead atoms. The van der Waals surface area contributed by atoms with Crippen LogP contribution in [0.3, 0.4) is 0 Å². The lowest BCUT2D eigenvalue weighted by molar-refractivity contribution is -0.148. The average molecular weight is 499 g/mol. The number of carbonyl (C=O) groups excluding carboxylic acids is 4. The van der Waals surface area contributed by atoms with Crippen LogP contribution in [0.15, 0.2) is 12.5 Å². The first kappa shape index (κ1) is 29.0. The van der Waals surface area contributed by atoms with E-state index in [2.05, 4.69) is 20.6 Å². The van der Waals surface area contributed by atoms with E-state index in [0.29, 0.717) is 5.69 Å². The van der Waals surface area contributed by atoms with Crippen molar-refractivity contribution in [2.75, 3.05) is 0 Å². The number of aliphatic carboxylic acids is 2. The second-order valence-electron chi connectivity index (χ2n) is 7.68. The van der Waals surface area contributed by atoms with Gasteiger partial charge in [-0.05, 0) is 13.3 Å². The highest BCUT2D eigenvalue weighted by molar-refractivity contribution is 5.95. The quantitative estimate of drug-likeness (QED) is 0.112. The maximum Gasteiger partial charge on any atom is 0.326 e. The molecule has 4 amide bonds. The Morgan fingerprint density at radius 3 is 2.14 bits per heavy atom. The van der Waals surface area contributed by atoms with Gasteiger partial charge in [-0.2, -0.15) is 0 Å². The van der Waals surface area contributed by atoms with Crippen molar-refractivity contribution in [2.24, 2.45) is 11.5 Å². The third-order valence-corrected chi connectivity index (χ3v) is 4.71. The molecule has 0 saturated carbocycles. The fourth-order valence-electron chi connectivity index (χ4n) is 2.83. The van der Waals surface area contributed by atoms with Crippen LogP contribution in [-0.2, 0) is 35.2 Å². The third kappa shape index (κ3) is 10.2. The molecule has 0 spiro atoms. The Hall–Kier alpha value is -4.05. The summed E-state index contributed by atoms with van der Waals surface area (Å²) in [5, 5.41) is 34.5. The number of carboxylic acid groups (broad SMARTS) is 2. The minimum absolute atomic E-state index is 0.0849. The highest BCUT2D eigenvalue weighted by atomic mass is 16.4. The second kappa shape index (κ2) is 13.6. The fourth-order valence-corrected chi connectivity index (χ4v) is 2.83. The zero-order valence-electron chi connectivity index (χ0n) is 18.8.